The van der Waals surface area contributed by atoms with Crippen LogP contribution in [0.4, 0.5) is 0 Å². The third-order valence-electron chi connectivity index (χ3n) is 2.17. The molecule has 0 spiro atoms. The van der Waals surface area contributed by atoms with E-state index in [1.807, 2.05) is 44.4 Å². The van der Waals surface area contributed by atoms with Gasteiger partial charge in [-0.25, -0.2) is 0 Å². The van der Waals surface area contributed by atoms with Gasteiger partial charge in [-0.1, -0.05) is 30.3 Å². The van der Waals surface area contributed by atoms with E-state index in [4.69, 9.17) is 0 Å². The van der Waals surface area contributed by atoms with Crippen molar-refractivity contribution in [1.82, 2.24) is 20.3 Å². The summed E-state index contributed by atoms with van der Waals surface area (Å²) in [6.07, 6.45) is 0. The predicted molar refractivity (Wildman–Crippen MR) is 59.2 cm³/mol. The van der Waals surface area contributed by atoms with E-state index in [0.717, 1.165) is 23.5 Å². The average molecular weight is 202 g/mol. The van der Waals surface area contributed by atoms with Gasteiger partial charge in [0.1, 0.15) is 11.4 Å². The first-order valence-corrected chi connectivity index (χ1v) is 4.91. The van der Waals surface area contributed by atoms with Gasteiger partial charge >= 0.3 is 0 Å². The standard InChI is InChI=1S/C11H14N4/c1-12-8-10-11(14-15(2)13-10)9-6-4-3-5-7-9/h3-7,12H,8H2,1-2H3. The van der Waals surface area contributed by atoms with Crippen molar-refractivity contribution in [1.29, 1.82) is 0 Å². The molecule has 1 N–H and O–H groups in total. The molecular weight excluding hydrogens is 188 g/mol. The molecule has 0 amide bonds. The lowest BCUT2D eigenvalue weighted by Crippen LogP contribution is -2.07. The summed E-state index contributed by atoms with van der Waals surface area (Å²) in [5, 5.41) is 11.8. The molecule has 0 bridgehead atoms. The zero-order chi connectivity index (χ0) is 10.7. The van der Waals surface area contributed by atoms with Crippen LogP contribution in [-0.4, -0.2) is 22.0 Å². The summed E-state index contributed by atoms with van der Waals surface area (Å²) in [5.41, 5.74) is 3.04. The molecule has 4 heteroatoms. The fourth-order valence-corrected chi connectivity index (χ4v) is 1.55. The van der Waals surface area contributed by atoms with Crippen LogP contribution in [0.5, 0.6) is 0 Å². The molecule has 0 aliphatic rings. The van der Waals surface area contributed by atoms with Gasteiger partial charge in [0, 0.05) is 19.2 Å². The molecule has 78 valence electrons. The topological polar surface area (TPSA) is 42.7 Å². The van der Waals surface area contributed by atoms with Crippen LogP contribution in [0.15, 0.2) is 30.3 Å². The summed E-state index contributed by atoms with van der Waals surface area (Å²) >= 11 is 0. The summed E-state index contributed by atoms with van der Waals surface area (Å²) in [5.74, 6) is 0. The van der Waals surface area contributed by atoms with E-state index < -0.39 is 0 Å². The van der Waals surface area contributed by atoms with Crippen molar-refractivity contribution in [2.75, 3.05) is 7.05 Å². The highest BCUT2D eigenvalue weighted by Gasteiger charge is 2.10. The van der Waals surface area contributed by atoms with Crippen molar-refractivity contribution in [3.8, 4) is 11.3 Å². The fraction of sp³-hybridized carbons (Fsp3) is 0.273. The number of nitrogens with zero attached hydrogens (tertiary/aromatic N) is 3. The third kappa shape index (κ3) is 2.05. The summed E-state index contributed by atoms with van der Waals surface area (Å²) < 4.78 is 0. The molecule has 1 aromatic heterocycles. The third-order valence-corrected chi connectivity index (χ3v) is 2.17. The van der Waals surface area contributed by atoms with Crippen molar-refractivity contribution in [3.05, 3.63) is 36.0 Å². The molecule has 0 radical (unpaired) electrons. The van der Waals surface area contributed by atoms with E-state index >= 15 is 0 Å². The van der Waals surface area contributed by atoms with E-state index in [9.17, 15) is 0 Å². The largest absolute Gasteiger partial charge is 0.314 e. The zero-order valence-electron chi connectivity index (χ0n) is 8.94. The molecule has 1 heterocycles. The molecule has 4 nitrogen and oxygen atoms in total. The molecule has 2 rings (SSSR count). The molecule has 0 aliphatic carbocycles. The van der Waals surface area contributed by atoms with Crippen LogP contribution in [0, 0.1) is 0 Å². The van der Waals surface area contributed by atoms with E-state index in [2.05, 4.69) is 15.5 Å². The van der Waals surface area contributed by atoms with Gasteiger partial charge in [0.05, 0.1) is 0 Å². The minimum absolute atomic E-state index is 0.734. The lowest BCUT2D eigenvalue weighted by atomic mass is 10.1. The minimum atomic E-state index is 0.734. The minimum Gasteiger partial charge on any atom is -0.314 e. The second-order valence-electron chi connectivity index (χ2n) is 3.38. The molecule has 0 saturated heterocycles. The Kier molecular flexibility index (Phi) is 2.78. The summed E-state index contributed by atoms with van der Waals surface area (Å²) in [4.78, 5) is 1.61. The van der Waals surface area contributed by atoms with Crippen LogP contribution >= 0.6 is 0 Å². The van der Waals surface area contributed by atoms with E-state index in [1.165, 1.54) is 0 Å². The van der Waals surface area contributed by atoms with E-state index in [-0.39, 0.29) is 0 Å². The van der Waals surface area contributed by atoms with E-state index in [1.54, 1.807) is 4.80 Å². The number of aromatic nitrogens is 3. The van der Waals surface area contributed by atoms with Gasteiger partial charge in [0.25, 0.3) is 0 Å². The van der Waals surface area contributed by atoms with Gasteiger partial charge in [-0.2, -0.15) is 15.0 Å². The maximum atomic E-state index is 4.37. The summed E-state index contributed by atoms with van der Waals surface area (Å²) in [6.45, 7) is 0.734. The normalized spacial score (nSPS) is 10.5. The maximum Gasteiger partial charge on any atom is 0.117 e. The van der Waals surface area contributed by atoms with E-state index in [0.29, 0.717) is 0 Å². The van der Waals surface area contributed by atoms with Gasteiger partial charge in [0.2, 0.25) is 0 Å². The van der Waals surface area contributed by atoms with Gasteiger partial charge < -0.3 is 5.32 Å². The predicted octanol–water partition coefficient (Wildman–Crippen LogP) is 1.20. The number of benzene rings is 1. The average Bonchev–Trinajstić information content (AvgIpc) is 2.62. The fourth-order valence-electron chi connectivity index (χ4n) is 1.55. The van der Waals surface area contributed by atoms with Crippen LogP contribution in [-0.2, 0) is 13.6 Å². The van der Waals surface area contributed by atoms with Crippen molar-refractivity contribution in [3.63, 3.8) is 0 Å². The number of hydrogen-bond donors (Lipinski definition) is 1. The monoisotopic (exact) mass is 202 g/mol. The van der Waals surface area contributed by atoms with Crippen molar-refractivity contribution < 1.29 is 0 Å². The number of nitrogens with one attached hydrogen (secondary N) is 1. The molecule has 0 atom stereocenters. The summed E-state index contributed by atoms with van der Waals surface area (Å²) in [6, 6.07) is 10.1. The molecular formula is C11H14N4. The van der Waals surface area contributed by atoms with Gasteiger partial charge in [-0.05, 0) is 7.05 Å². The summed E-state index contributed by atoms with van der Waals surface area (Å²) in [7, 11) is 3.75. The molecule has 0 saturated carbocycles. The lowest BCUT2D eigenvalue weighted by Gasteiger charge is -1.98. The van der Waals surface area contributed by atoms with Crippen LogP contribution in [0.3, 0.4) is 0 Å². The maximum absolute atomic E-state index is 4.37. The second-order valence-corrected chi connectivity index (χ2v) is 3.38. The molecule has 0 fully saturated rings. The van der Waals surface area contributed by atoms with Crippen LogP contribution in [0.2, 0.25) is 0 Å². The molecule has 1 aromatic carbocycles. The highest BCUT2D eigenvalue weighted by atomic mass is 15.5. The van der Waals surface area contributed by atoms with Crippen LogP contribution in [0.25, 0.3) is 11.3 Å². The number of aryl methyl sites for hydroxylation is 1. The van der Waals surface area contributed by atoms with Crippen molar-refractivity contribution >= 4 is 0 Å². The highest BCUT2D eigenvalue weighted by molar-refractivity contribution is 5.60. The Morgan fingerprint density at radius 1 is 1.20 bits per heavy atom. The first-order valence-electron chi connectivity index (χ1n) is 4.91. The molecule has 0 aliphatic heterocycles. The Bertz CT molecular complexity index is 433. The molecule has 2 aromatic rings. The second kappa shape index (κ2) is 4.23. The first-order chi connectivity index (χ1) is 7.31. The Morgan fingerprint density at radius 3 is 2.60 bits per heavy atom. The smallest absolute Gasteiger partial charge is 0.117 e. The molecule has 15 heavy (non-hydrogen) atoms. The Balaban J connectivity index is 2.43. The van der Waals surface area contributed by atoms with Crippen LogP contribution in [0.1, 0.15) is 5.69 Å². The van der Waals surface area contributed by atoms with Gasteiger partial charge in [-0.15, -0.1) is 0 Å². The van der Waals surface area contributed by atoms with Gasteiger partial charge in [-0.3, -0.25) is 0 Å². The quantitative estimate of drug-likeness (QED) is 0.813. The first kappa shape index (κ1) is 9.86. The zero-order valence-corrected chi connectivity index (χ0v) is 8.94. The van der Waals surface area contributed by atoms with Crippen molar-refractivity contribution in [2.45, 2.75) is 6.54 Å². The SMILES string of the molecule is CNCc1nn(C)nc1-c1ccccc1. The van der Waals surface area contributed by atoms with Gasteiger partial charge in [0.15, 0.2) is 0 Å². The Hall–Kier alpha value is -1.68. The molecule has 0 unspecified atom stereocenters. The lowest BCUT2D eigenvalue weighted by molar-refractivity contribution is 0.638. The van der Waals surface area contributed by atoms with Crippen molar-refractivity contribution in [2.24, 2.45) is 7.05 Å². The Labute approximate surface area is 88.9 Å². The highest BCUT2D eigenvalue weighted by Crippen LogP contribution is 2.19. The number of hydrogen-bond acceptors (Lipinski definition) is 3. The Morgan fingerprint density at radius 2 is 1.93 bits per heavy atom. The number of rotatable bonds is 3. The van der Waals surface area contributed by atoms with Crippen LogP contribution < -0.4 is 5.32 Å².